The summed E-state index contributed by atoms with van der Waals surface area (Å²) in [6.45, 7) is 8.61. The molecule has 1 saturated carbocycles. The minimum absolute atomic E-state index is 0.112. The zero-order valence-corrected chi connectivity index (χ0v) is 21.9. The highest BCUT2D eigenvalue weighted by Gasteiger charge is 2.33. The number of anilines is 2. The van der Waals surface area contributed by atoms with E-state index in [-0.39, 0.29) is 23.8 Å². The Morgan fingerprint density at radius 1 is 1.00 bits per heavy atom. The minimum atomic E-state index is -0.275. The van der Waals surface area contributed by atoms with Crippen LogP contribution in [0.15, 0.2) is 48.5 Å². The maximum Gasteiger partial charge on any atom is 0.244 e. The third-order valence-electron chi connectivity index (χ3n) is 7.62. The Hall–Kier alpha value is -3.06. The average Bonchev–Trinajstić information content (AvgIpc) is 3.46. The molecule has 1 unspecified atom stereocenters. The van der Waals surface area contributed by atoms with Crippen LogP contribution in [0.1, 0.15) is 51.1 Å². The second kappa shape index (κ2) is 12.3. The minimum Gasteiger partial charge on any atom is -0.495 e. The molecule has 1 heterocycles. The van der Waals surface area contributed by atoms with Gasteiger partial charge in [0.25, 0.3) is 0 Å². The van der Waals surface area contributed by atoms with Crippen LogP contribution in [0.25, 0.3) is 0 Å². The van der Waals surface area contributed by atoms with E-state index in [0.29, 0.717) is 13.1 Å². The summed E-state index contributed by atoms with van der Waals surface area (Å²) in [6, 6.07) is 15.8. The first-order valence-corrected chi connectivity index (χ1v) is 13.4. The number of piperazine rings is 1. The van der Waals surface area contributed by atoms with Gasteiger partial charge in [-0.2, -0.15) is 0 Å². The lowest BCUT2D eigenvalue weighted by molar-refractivity contribution is -0.137. The number of benzene rings is 2. The Labute approximate surface area is 215 Å². The third-order valence-corrected chi connectivity index (χ3v) is 7.62. The number of nitrogens with zero attached hydrogens (tertiary/aromatic N) is 3. The molecule has 7 heteroatoms. The number of nitrogens with one attached hydrogen (secondary N) is 1. The van der Waals surface area contributed by atoms with Crippen LogP contribution in [0.2, 0.25) is 0 Å². The highest BCUT2D eigenvalue weighted by Crippen LogP contribution is 2.34. The normalized spacial score (nSPS) is 17.6. The SMILES string of the molecule is CCN(CC)C(=O)C(c1ccccc1)N1CCN(c2ccc(NC(=O)C3CCCC3)cc2OC)CC1. The monoisotopic (exact) mass is 492 g/mol. The molecule has 2 amide bonds. The standard InChI is InChI=1S/C29H40N4O3/c1-4-31(5-2)29(35)27(22-11-7-6-8-12-22)33-19-17-32(18-20-33)25-16-15-24(21-26(25)36-3)30-28(34)23-13-9-10-14-23/h6-8,11-12,15-16,21,23,27H,4-5,9-10,13-14,17-20H2,1-3H3,(H,30,34). The molecule has 2 aliphatic rings. The molecule has 1 aliphatic heterocycles. The molecule has 0 radical (unpaired) electrons. The first-order chi connectivity index (χ1) is 17.5. The van der Waals surface area contributed by atoms with E-state index in [4.69, 9.17) is 4.74 Å². The van der Waals surface area contributed by atoms with Crippen LogP contribution >= 0.6 is 0 Å². The average molecular weight is 493 g/mol. The van der Waals surface area contributed by atoms with Gasteiger partial charge in [0.1, 0.15) is 11.8 Å². The van der Waals surface area contributed by atoms with Crippen molar-refractivity contribution in [3.05, 3.63) is 54.1 Å². The van der Waals surface area contributed by atoms with Gasteiger partial charge < -0.3 is 19.9 Å². The van der Waals surface area contributed by atoms with Crippen molar-refractivity contribution >= 4 is 23.2 Å². The second-order valence-electron chi connectivity index (χ2n) is 9.70. The molecule has 36 heavy (non-hydrogen) atoms. The lowest BCUT2D eigenvalue weighted by atomic mass is 10.0. The van der Waals surface area contributed by atoms with Gasteiger partial charge in [0.2, 0.25) is 11.8 Å². The lowest BCUT2D eigenvalue weighted by Crippen LogP contribution is -2.51. The first-order valence-electron chi connectivity index (χ1n) is 13.4. The summed E-state index contributed by atoms with van der Waals surface area (Å²) in [5.74, 6) is 1.16. The number of rotatable bonds is 9. The van der Waals surface area contributed by atoms with E-state index in [1.54, 1.807) is 7.11 Å². The molecule has 0 aromatic heterocycles. The smallest absolute Gasteiger partial charge is 0.244 e. The number of carbonyl (C=O) groups excluding carboxylic acids is 2. The Bertz CT molecular complexity index is 1010. The van der Waals surface area contributed by atoms with E-state index >= 15 is 0 Å². The zero-order chi connectivity index (χ0) is 25.5. The van der Waals surface area contributed by atoms with Crippen LogP contribution in [0.5, 0.6) is 5.75 Å². The van der Waals surface area contributed by atoms with Gasteiger partial charge in [-0.15, -0.1) is 0 Å². The summed E-state index contributed by atoms with van der Waals surface area (Å²) in [5, 5.41) is 3.08. The van der Waals surface area contributed by atoms with E-state index in [2.05, 4.69) is 27.2 Å². The lowest BCUT2D eigenvalue weighted by Gasteiger charge is -2.41. The Kier molecular flexibility index (Phi) is 8.86. The van der Waals surface area contributed by atoms with E-state index < -0.39 is 0 Å². The Balaban J connectivity index is 1.45. The van der Waals surface area contributed by atoms with Crippen molar-refractivity contribution in [2.45, 2.75) is 45.6 Å². The van der Waals surface area contributed by atoms with Crippen molar-refractivity contribution in [3.63, 3.8) is 0 Å². The molecule has 2 fully saturated rings. The van der Waals surface area contributed by atoms with E-state index in [9.17, 15) is 9.59 Å². The third kappa shape index (κ3) is 5.84. The van der Waals surface area contributed by atoms with Gasteiger partial charge in [-0.05, 0) is 44.4 Å². The van der Waals surface area contributed by atoms with Gasteiger partial charge >= 0.3 is 0 Å². The fourth-order valence-electron chi connectivity index (χ4n) is 5.52. The molecular weight excluding hydrogens is 452 g/mol. The Morgan fingerprint density at radius 3 is 2.28 bits per heavy atom. The number of likely N-dealkylation sites (N-methyl/N-ethyl adjacent to an activating group) is 1. The molecular formula is C29H40N4O3. The molecule has 1 saturated heterocycles. The first kappa shape index (κ1) is 26.0. The fraction of sp³-hybridized carbons (Fsp3) is 0.517. The van der Waals surface area contributed by atoms with Crippen molar-refractivity contribution in [1.29, 1.82) is 0 Å². The van der Waals surface area contributed by atoms with Crippen LogP contribution in [0.3, 0.4) is 0 Å². The van der Waals surface area contributed by atoms with Crippen molar-refractivity contribution in [2.75, 3.05) is 56.6 Å². The predicted octanol–water partition coefficient (Wildman–Crippen LogP) is 4.56. The second-order valence-corrected chi connectivity index (χ2v) is 9.70. The van der Waals surface area contributed by atoms with Crippen LogP contribution in [-0.4, -0.2) is 68.0 Å². The van der Waals surface area contributed by atoms with Gasteiger partial charge in [-0.3, -0.25) is 14.5 Å². The van der Waals surface area contributed by atoms with Crippen molar-refractivity contribution in [3.8, 4) is 5.75 Å². The summed E-state index contributed by atoms with van der Waals surface area (Å²) in [7, 11) is 1.67. The van der Waals surface area contributed by atoms with Gasteiger partial charge in [0, 0.05) is 56.9 Å². The molecule has 0 bridgehead atoms. The van der Waals surface area contributed by atoms with Gasteiger partial charge in [0.05, 0.1) is 12.8 Å². The highest BCUT2D eigenvalue weighted by atomic mass is 16.5. The van der Waals surface area contributed by atoms with Crippen LogP contribution in [0, 0.1) is 5.92 Å². The highest BCUT2D eigenvalue weighted by molar-refractivity contribution is 5.93. The zero-order valence-electron chi connectivity index (χ0n) is 21.9. The van der Waals surface area contributed by atoms with Crippen LogP contribution < -0.4 is 15.0 Å². The summed E-state index contributed by atoms with van der Waals surface area (Å²) < 4.78 is 5.72. The summed E-state index contributed by atoms with van der Waals surface area (Å²) in [5.41, 5.74) is 2.84. The number of ether oxygens (including phenoxy) is 1. The quantitative estimate of drug-likeness (QED) is 0.556. The van der Waals surface area contributed by atoms with E-state index in [0.717, 1.165) is 74.6 Å². The van der Waals surface area contributed by atoms with E-state index in [1.807, 2.05) is 55.1 Å². The van der Waals surface area contributed by atoms with Crippen molar-refractivity contribution < 1.29 is 14.3 Å². The number of hydrogen-bond acceptors (Lipinski definition) is 5. The topological polar surface area (TPSA) is 65.1 Å². The molecule has 2 aromatic rings. The maximum atomic E-state index is 13.5. The molecule has 4 rings (SSSR count). The largest absolute Gasteiger partial charge is 0.495 e. The van der Waals surface area contributed by atoms with Gasteiger partial charge in [0.15, 0.2) is 0 Å². The summed E-state index contributed by atoms with van der Waals surface area (Å²) in [6.07, 6.45) is 4.23. The molecule has 194 valence electrons. The summed E-state index contributed by atoms with van der Waals surface area (Å²) >= 11 is 0. The number of amides is 2. The number of hydrogen-bond donors (Lipinski definition) is 1. The molecule has 0 spiro atoms. The van der Waals surface area contributed by atoms with E-state index in [1.165, 1.54) is 0 Å². The molecule has 1 atom stereocenters. The van der Waals surface area contributed by atoms with Gasteiger partial charge in [-0.25, -0.2) is 0 Å². The molecule has 7 nitrogen and oxygen atoms in total. The number of carbonyl (C=O) groups is 2. The van der Waals surface area contributed by atoms with Crippen LogP contribution in [-0.2, 0) is 9.59 Å². The van der Waals surface area contributed by atoms with Gasteiger partial charge in [-0.1, -0.05) is 43.2 Å². The molecule has 2 aromatic carbocycles. The molecule has 1 N–H and O–H groups in total. The van der Waals surface area contributed by atoms with Crippen molar-refractivity contribution in [1.82, 2.24) is 9.80 Å². The predicted molar refractivity (Wildman–Crippen MR) is 144 cm³/mol. The van der Waals surface area contributed by atoms with Crippen molar-refractivity contribution in [2.24, 2.45) is 5.92 Å². The maximum absolute atomic E-state index is 13.5. The summed E-state index contributed by atoms with van der Waals surface area (Å²) in [4.78, 5) is 32.6. The number of methoxy groups -OCH3 is 1. The molecule has 1 aliphatic carbocycles. The Morgan fingerprint density at radius 2 is 1.67 bits per heavy atom. The van der Waals surface area contributed by atoms with Crippen LogP contribution in [0.4, 0.5) is 11.4 Å². The fourth-order valence-corrected chi connectivity index (χ4v) is 5.52.